The highest BCUT2D eigenvalue weighted by molar-refractivity contribution is 4.88. The van der Waals surface area contributed by atoms with Crippen LogP contribution in [0.1, 0.15) is 12.8 Å². The Hall–Kier alpha value is -0.160. The van der Waals surface area contributed by atoms with E-state index in [9.17, 15) is 0 Å². The molecule has 2 aliphatic rings. The van der Waals surface area contributed by atoms with Crippen molar-refractivity contribution in [2.75, 3.05) is 59.7 Å². The number of hydrogen-bond acceptors (Lipinski definition) is 4. The average molecular weight is 228 g/mol. The van der Waals surface area contributed by atoms with Gasteiger partial charge >= 0.3 is 0 Å². The van der Waals surface area contributed by atoms with Crippen LogP contribution in [-0.4, -0.2) is 64.6 Å². The molecule has 0 spiro atoms. The van der Waals surface area contributed by atoms with Gasteiger partial charge in [-0.15, -0.1) is 0 Å². The van der Waals surface area contributed by atoms with E-state index in [1.54, 1.807) is 0 Å². The van der Waals surface area contributed by atoms with Gasteiger partial charge < -0.3 is 19.7 Å². The first-order valence-corrected chi connectivity index (χ1v) is 6.37. The number of nitrogens with zero attached hydrogens (tertiary/aromatic N) is 1. The zero-order valence-electron chi connectivity index (χ0n) is 10.3. The second-order valence-electron chi connectivity index (χ2n) is 5.07. The number of hydrogen-bond donors (Lipinski definition) is 1. The van der Waals surface area contributed by atoms with E-state index in [0.717, 1.165) is 52.5 Å². The van der Waals surface area contributed by atoms with Crippen LogP contribution in [-0.2, 0) is 9.47 Å². The normalized spacial score (nSPS) is 32.8. The van der Waals surface area contributed by atoms with Gasteiger partial charge in [0.1, 0.15) is 0 Å². The van der Waals surface area contributed by atoms with Crippen molar-refractivity contribution < 1.29 is 9.47 Å². The van der Waals surface area contributed by atoms with Gasteiger partial charge in [0.05, 0.1) is 13.2 Å². The summed E-state index contributed by atoms with van der Waals surface area (Å²) in [6.07, 6.45) is 2.35. The summed E-state index contributed by atoms with van der Waals surface area (Å²) >= 11 is 0. The van der Waals surface area contributed by atoms with Crippen molar-refractivity contribution in [3.8, 4) is 0 Å². The van der Waals surface area contributed by atoms with Crippen LogP contribution in [0.2, 0.25) is 0 Å². The van der Waals surface area contributed by atoms with Crippen molar-refractivity contribution >= 4 is 0 Å². The molecular formula is C12H24N2O2. The summed E-state index contributed by atoms with van der Waals surface area (Å²) in [4.78, 5) is 2.54. The summed E-state index contributed by atoms with van der Waals surface area (Å²) < 4.78 is 11.1. The molecule has 16 heavy (non-hydrogen) atoms. The summed E-state index contributed by atoms with van der Waals surface area (Å²) in [5, 5.41) is 3.32. The van der Waals surface area contributed by atoms with Gasteiger partial charge in [0.15, 0.2) is 0 Å². The van der Waals surface area contributed by atoms with Crippen LogP contribution < -0.4 is 5.32 Å². The summed E-state index contributed by atoms with van der Waals surface area (Å²) in [5.74, 6) is 0. The Kier molecular flexibility index (Phi) is 4.58. The highest BCUT2D eigenvalue weighted by Crippen LogP contribution is 2.29. The second kappa shape index (κ2) is 5.96. The molecule has 2 aliphatic heterocycles. The van der Waals surface area contributed by atoms with E-state index in [1.807, 2.05) is 7.05 Å². The van der Waals surface area contributed by atoms with Crippen molar-refractivity contribution in [2.45, 2.75) is 12.8 Å². The van der Waals surface area contributed by atoms with E-state index in [-0.39, 0.29) is 0 Å². The van der Waals surface area contributed by atoms with E-state index in [4.69, 9.17) is 9.47 Å². The third kappa shape index (κ3) is 3.17. The number of nitrogens with one attached hydrogen (secondary N) is 1. The zero-order valence-corrected chi connectivity index (χ0v) is 10.3. The van der Waals surface area contributed by atoms with Gasteiger partial charge in [-0.2, -0.15) is 0 Å². The Morgan fingerprint density at radius 2 is 2.12 bits per heavy atom. The van der Waals surface area contributed by atoms with Gasteiger partial charge in [-0.05, 0) is 19.9 Å². The summed E-state index contributed by atoms with van der Waals surface area (Å²) in [7, 11) is 2.03. The number of ether oxygens (including phenoxy) is 2. The van der Waals surface area contributed by atoms with Crippen LogP contribution in [0.15, 0.2) is 0 Å². The molecule has 0 aliphatic carbocycles. The fourth-order valence-electron chi connectivity index (χ4n) is 2.77. The van der Waals surface area contributed by atoms with E-state index < -0.39 is 0 Å². The van der Waals surface area contributed by atoms with Gasteiger partial charge in [-0.1, -0.05) is 0 Å². The van der Waals surface area contributed by atoms with E-state index >= 15 is 0 Å². The Bertz CT molecular complexity index is 197. The van der Waals surface area contributed by atoms with E-state index in [2.05, 4.69) is 10.2 Å². The van der Waals surface area contributed by atoms with Crippen molar-refractivity contribution in [1.29, 1.82) is 0 Å². The SMILES string of the molecule is CNCC1(CN2CCCOCC2)CCOC1. The first-order valence-electron chi connectivity index (χ1n) is 6.37. The van der Waals surface area contributed by atoms with Gasteiger partial charge in [0, 0.05) is 44.8 Å². The fraction of sp³-hybridized carbons (Fsp3) is 1.00. The first-order chi connectivity index (χ1) is 7.85. The molecule has 2 heterocycles. The molecule has 0 amide bonds. The lowest BCUT2D eigenvalue weighted by molar-refractivity contribution is 0.101. The molecule has 2 fully saturated rings. The van der Waals surface area contributed by atoms with Gasteiger partial charge in [-0.25, -0.2) is 0 Å². The van der Waals surface area contributed by atoms with Crippen LogP contribution in [0.5, 0.6) is 0 Å². The molecular weight excluding hydrogens is 204 g/mol. The molecule has 0 radical (unpaired) electrons. The minimum atomic E-state index is 0.332. The molecule has 0 aromatic rings. The largest absolute Gasteiger partial charge is 0.381 e. The highest BCUT2D eigenvalue weighted by atomic mass is 16.5. The predicted molar refractivity (Wildman–Crippen MR) is 63.7 cm³/mol. The Labute approximate surface area is 98.3 Å². The average Bonchev–Trinajstić information content (AvgIpc) is 2.57. The molecule has 2 rings (SSSR count). The standard InChI is InChI=1S/C12H24N2O2/c1-13-9-12(3-7-16-11-12)10-14-4-2-6-15-8-5-14/h13H,2-11H2,1H3. The zero-order chi connectivity index (χ0) is 11.3. The van der Waals surface area contributed by atoms with Gasteiger partial charge in [0.2, 0.25) is 0 Å². The van der Waals surface area contributed by atoms with Crippen molar-refractivity contribution in [2.24, 2.45) is 5.41 Å². The molecule has 2 saturated heterocycles. The molecule has 4 heteroatoms. The van der Waals surface area contributed by atoms with Crippen LogP contribution in [0.25, 0.3) is 0 Å². The molecule has 0 aromatic carbocycles. The molecule has 1 atom stereocenters. The maximum absolute atomic E-state index is 5.59. The lowest BCUT2D eigenvalue weighted by Crippen LogP contribution is -2.44. The molecule has 0 aromatic heterocycles. The van der Waals surface area contributed by atoms with Crippen LogP contribution in [0.4, 0.5) is 0 Å². The van der Waals surface area contributed by atoms with Gasteiger partial charge in [-0.3, -0.25) is 0 Å². The minimum absolute atomic E-state index is 0.332. The number of rotatable bonds is 4. The Morgan fingerprint density at radius 1 is 1.19 bits per heavy atom. The highest BCUT2D eigenvalue weighted by Gasteiger charge is 2.36. The second-order valence-corrected chi connectivity index (χ2v) is 5.07. The van der Waals surface area contributed by atoms with Gasteiger partial charge in [0.25, 0.3) is 0 Å². The van der Waals surface area contributed by atoms with Crippen LogP contribution in [0, 0.1) is 5.41 Å². The van der Waals surface area contributed by atoms with Crippen LogP contribution in [0.3, 0.4) is 0 Å². The smallest absolute Gasteiger partial charge is 0.0593 e. The minimum Gasteiger partial charge on any atom is -0.381 e. The van der Waals surface area contributed by atoms with Crippen molar-refractivity contribution in [1.82, 2.24) is 10.2 Å². The molecule has 4 nitrogen and oxygen atoms in total. The quantitative estimate of drug-likeness (QED) is 0.752. The third-order valence-corrected chi connectivity index (χ3v) is 3.61. The lowest BCUT2D eigenvalue weighted by Gasteiger charge is -2.33. The maximum atomic E-state index is 5.59. The molecule has 0 bridgehead atoms. The molecule has 0 saturated carbocycles. The van der Waals surface area contributed by atoms with E-state index in [1.165, 1.54) is 13.0 Å². The molecule has 1 unspecified atom stereocenters. The van der Waals surface area contributed by atoms with E-state index in [0.29, 0.717) is 5.41 Å². The molecule has 94 valence electrons. The monoisotopic (exact) mass is 228 g/mol. The summed E-state index contributed by atoms with van der Waals surface area (Å²) in [6, 6.07) is 0. The fourth-order valence-corrected chi connectivity index (χ4v) is 2.77. The predicted octanol–water partition coefficient (Wildman–Crippen LogP) is 0.335. The maximum Gasteiger partial charge on any atom is 0.0593 e. The molecule has 1 N–H and O–H groups in total. The van der Waals surface area contributed by atoms with Crippen molar-refractivity contribution in [3.05, 3.63) is 0 Å². The topological polar surface area (TPSA) is 33.7 Å². The first kappa shape index (κ1) is 12.3. The van der Waals surface area contributed by atoms with Crippen molar-refractivity contribution in [3.63, 3.8) is 0 Å². The summed E-state index contributed by atoms with van der Waals surface area (Å²) in [6.45, 7) is 8.10. The Balaban J connectivity index is 1.88. The Morgan fingerprint density at radius 3 is 2.88 bits per heavy atom. The third-order valence-electron chi connectivity index (χ3n) is 3.61. The van der Waals surface area contributed by atoms with Crippen LogP contribution >= 0.6 is 0 Å². The summed E-state index contributed by atoms with van der Waals surface area (Å²) in [5.41, 5.74) is 0.332. The lowest BCUT2D eigenvalue weighted by atomic mass is 9.86.